The van der Waals surface area contributed by atoms with Gasteiger partial charge in [-0.2, -0.15) is 5.10 Å². The Balaban J connectivity index is 0.00000162. The van der Waals surface area contributed by atoms with Crippen LogP contribution < -0.4 is 5.32 Å². The van der Waals surface area contributed by atoms with Gasteiger partial charge < -0.3 is 5.32 Å². The van der Waals surface area contributed by atoms with Crippen molar-refractivity contribution in [3.05, 3.63) is 15.9 Å². The molecule has 2 heterocycles. The van der Waals surface area contributed by atoms with Gasteiger partial charge in [0.25, 0.3) is 0 Å². The minimum Gasteiger partial charge on any atom is -0.317 e. The van der Waals surface area contributed by atoms with Crippen molar-refractivity contribution in [1.82, 2.24) is 20.0 Å². The van der Waals surface area contributed by atoms with E-state index in [-0.39, 0.29) is 12.4 Å². The second-order valence-corrected chi connectivity index (χ2v) is 5.60. The number of hydrogen-bond acceptors (Lipinski definition) is 3. The van der Waals surface area contributed by atoms with E-state index in [1.54, 1.807) is 0 Å². The van der Waals surface area contributed by atoms with Gasteiger partial charge >= 0.3 is 0 Å². The predicted octanol–water partition coefficient (Wildman–Crippen LogP) is 2.10. The van der Waals surface area contributed by atoms with Crippen LogP contribution in [0.25, 0.3) is 0 Å². The third kappa shape index (κ3) is 3.47. The van der Waals surface area contributed by atoms with Gasteiger partial charge in [0, 0.05) is 32.7 Å². The monoisotopic (exact) mass is 336 g/mol. The van der Waals surface area contributed by atoms with Crippen LogP contribution in [0.2, 0.25) is 0 Å². The fraction of sp³-hybridized carbons (Fsp3) is 0.750. The quantitative estimate of drug-likeness (QED) is 0.917. The maximum atomic E-state index is 4.44. The molecule has 0 unspecified atom stereocenters. The Hall–Kier alpha value is -0.100. The molecule has 18 heavy (non-hydrogen) atoms. The number of hydrogen-bond donors (Lipinski definition) is 1. The smallest absolute Gasteiger partial charge is 0.0739 e. The van der Waals surface area contributed by atoms with E-state index in [9.17, 15) is 0 Å². The average molecular weight is 338 g/mol. The van der Waals surface area contributed by atoms with Gasteiger partial charge in [-0.3, -0.25) is 9.58 Å². The Morgan fingerprint density at radius 2 is 2.00 bits per heavy atom. The summed E-state index contributed by atoms with van der Waals surface area (Å²) < 4.78 is 3.15. The van der Waals surface area contributed by atoms with Gasteiger partial charge in [-0.25, -0.2) is 0 Å². The van der Waals surface area contributed by atoms with Crippen LogP contribution in [0.5, 0.6) is 0 Å². The largest absolute Gasteiger partial charge is 0.317 e. The van der Waals surface area contributed by atoms with E-state index in [0.29, 0.717) is 6.04 Å². The van der Waals surface area contributed by atoms with Crippen LogP contribution in [0.15, 0.2) is 4.47 Å². The maximum absolute atomic E-state index is 4.44. The van der Waals surface area contributed by atoms with Crippen LogP contribution in [-0.2, 0) is 13.6 Å². The molecule has 1 fully saturated rings. The average Bonchev–Trinajstić information content (AvgIpc) is 2.57. The number of halogens is 2. The molecule has 0 atom stereocenters. The summed E-state index contributed by atoms with van der Waals surface area (Å²) in [5, 5.41) is 7.80. The summed E-state index contributed by atoms with van der Waals surface area (Å²) in [5.74, 6) is 0. The third-order valence-electron chi connectivity index (χ3n) is 3.63. The zero-order chi connectivity index (χ0) is 12.4. The first-order valence-corrected chi connectivity index (χ1v) is 6.98. The zero-order valence-electron chi connectivity index (χ0n) is 11.2. The Labute approximate surface area is 124 Å². The lowest BCUT2D eigenvalue weighted by Crippen LogP contribution is -2.41. The molecule has 0 radical (unpaired) electrons. The number of rotatable bonds is 3. The Morgan fingerprint density at radius 1 is 1.39 bits per heavy atom. The summed E-state index contributed by atoms with van der Waals surface area (Å²) in [6, 6.07) is 0.697. The van der Waals surface area contributed by atoms with Gasteiger partial charge in [0.15, 0.2) is 0 Å². The number of likely N-dealkylation sites (tertiary alicyclic amines) is 1. The van der Waals surface area contributed by atoms with E-state index in [1.807, 2.05) is 18.7 Å². The highest BCUT2D eigenvalue weighted by atomic mass is 79.9. The molecule has 1 aliphatic heterocycles. The van der Waals surface area contributed by atoms with E-state index < -0.39 is 0 Å². The molecule has 0 aromatic carbocycles. The number of piperidine rings is 1. The second-order valence-electron chi connectivity index (χ2n) is 4.81. The van der Waals surface area contributed by atoms with Crippen LogP contribution >= 0.6 is 28.3 Å². The molecule has 0 spiro atoms. The molecule has 6 heteroatoms. The molecule has 0 amide bonds. The van der Waals surface area contributed by atoms with Gasteiger partial charge in [0.2, 0.25) is 0 Å². The van der Waals surface area contributed by atoms with Crippen molar-refractivity contribution in [2.24, 2.45) is 7.05 Å². The molecular weight excluding hydrogens is 316 g/mol. The normalized spacial score (nSPS) is 17.8. The van der Waals surface area contributed by atoms with Gasteiger partial charge in [-0.05, 0) is 42.7 Å². The summed E-state index contributed by atoms with van der Waals surface area (Å²) in [6.07, 6.45) is 2.48. The van der Waals surface area contributed by atoms with Gasteiger partial charge in [-0.15, -0.1) is 12.4 Å². The van der Waals surface area contributed by atoms with Crippen LogP contribution in [0.1, 0.15) is 24.2 Å². The Kier molecular flexibility index (Phi) is 6.11. The first-order valence-electron chi connectivity index (χ1n) is 6.19. The Bertz CT molecular complexity index is 386. The summed E-state index contributed by atoms with van der Waals surface area (Å²) in [4.78, 5) is 2.51. The molecule has 0 aliphatic carbocycles. The fourth-order valence-corrected chi connectivity index (χ4v) is 2.90. The number of aryl methyl sites for hydroxylation is 2. The number of aromatic nitrogens is 2. The minimum absolute atomic E-state index is 0. The van der Waals surface area contributed by atoms with E-state index in [1.165, 1.54) is 31.6 Å². The highest BCUT2D eigenvalue weighted by molar-refractivity contribution is 9.10. The SMILES string of the molecule is CNC1CCN(Cc2c(Br)c(C)nn2C)CC1.Cl. The second kappa shape index (κ2) is 6.89. The van der Waals surface area contributed by atoms with Crippen molar-refractivity contribution in [2.45, 2.75) is 32.4 Å². The summed E-state index contributed by atoms with van der Waals surface area (Å²) >= 11 is 3.63. The molecule has 1 aliphatic rings. The van der Waals surface area contributed by atoms with Gasteiger partial charge in [-0.1, -0.05) is 0 Å². The van der Waals surface area contributed by atoms with Crippen LogP contribution in [0, 0.1) is 6.92 Å². The van der Waals surface area contributed by atoms with Crippen molar-refractivity contribution in [2.75, 3.05) is 20.1 Å². The highest BCUT2D eigenvalue weighted by Gasteiger charge is 2.20. The zero-order valence-corrected chi connectivity index (χ0v) is 13.6. The molecular formula is C12H22BrClN4. The molecule has 0 saturated carbocycles. The van der Waals surface area contributed by atoms with Crippen LogP contribution in [0.4, 0.5) is 0 Å². The van der Waals surface area contributed by atoms with Crippen molar-refractivity contribution in [3.8, 4) is 0 Å². The first kappa shape index (κ1) is 16.0. The van der Waals surface area contributed by atoms with Crippen molar-refractivity contribution < 1.29 is 0 Å². The lowest BCUT2D eigenvalue weighted by molar-refractivity contribution is 0.190. The van der Waals surface area contributed by atoms with E-state index in [0.717, 1.165) is 16.7 Å². The molecule has 1 saturated heterocycles. The van der Waals surface area contributed by atoms with Crippen LogP contribution in [-0.4, -0.2) is 40.9 Å². The lowest BCUT2D eigenvalue weighted by atomic mass is 10.1. The third-order valence-corrected chi connectivity index (χ3v) is 4.66. The number of nitrogens with zero attached hydrogens (tertiary/aromatic N) is 3. The predicted molar refractivity (Wildman–Crippen MR) is 80.3 cm³/mol. The molecule has 4 nitrogen and oxygen atoms in total. The molecule has 1 aromatic heterocycles. The molecule has 1 aromatic rings. The van der Waals surface area contributed by atoms with Crippen molar-refractivity contribution in [1.29, 1.82) is 0 Å². The molecule has 104 valence electrons. The van der Waals surface area contributed by atoms with Crippen molar-refractivity contribution >= 4 is 28.3 Å². The first-order chi connectivity index (χ1) is 8.11. The van der Waals surface area contributed by atoms with Gasteiger partial charge in [0.05, 0.1) is 15.9 Å². The standard InChI is InChI=1S/C12H21BrN4.ClH/c1-9-12(13)11(16(3)15-9)8-17-6-4-10(14-2)5-7-17;/h10,14H,4-8H2,1-3H3;1H. The van der Waals surface area contributed by atoms with E-state index in [4.69, 9.17) is 0 Å². The topological polar surface area (TPSA) is 33.1 Å². The Morgan fingerprint density at radius 3 is 2.44 bits per heavy atom. The summed E-state index contributed by atoms with van der Waals surface area (Å²) in [5.41, 5.74) is 2.36. The molecule has 1 N–H and O–H groups in total. The molecule has 0 bridgehead atoms. The number of nitrogens with one attached hydrogen (secondary N) is 1. The van der Waals surface area contributed by atoms with E-state index >= 15 is 0 Å². The molecule has 2 rings (SSSR count). The van der Waals surface area contributed by atoms with Crippen molar-refractivity contribution in [3.63, 3.8) is 0 Å². The minimum atomic E-state index is 0. The van der Waals surface area contributed by atoms with Crippen LogP contribution in [0.3, 0.4) is 0 Å². The highest BCUT2D eigenvalue weighted by Crippen LogP contribution is 2.23. The van der Waals surface area contributed by atoms with Gasteiger partial charge in [0.1, 0.15) is 0 Å². The van der Waals surface area contributed by atoms with E-state index in [2.05, 4.69) is 38.3 Å². The summed E-state index contributed by atoms with van der Waals surface area (Å²) in [7, 11) is 4.08. The fourth-order valence-electron chi connectivity index (χ4n) is 2.44. The maximum Gasteiger partial charge on any atom is 0.0739 e. The lowest BCUT2D eigenvalue weighted by Gasteiger charge is -2.31. The summed E-state index contributed by atoms with van der Waals surface area (Å²) in [6.45, 7) is 5.37.